The Hall–Kier alpha value is -1.35. The highest BCUT2D eigenvalue weighted by Crippen LogP contribution is 2.29. The van der Waals surface area contributed by atoms with Gasteiger partial charge in [0.05, 0.1) is 6.61 Å². The average molecular weight is 263 g/mol. The van der Waals surface area contributed by atoms with E-state index in [4.69, 9.17) is 4.74 Å². The standard InChI is InChI=1S/C16H25NO2/c1-5-12-16(17-13(3)4,15(18)19-6-2)14-10-8-7-9-11-14/h7-11,13,17H,5-6,12H2,1-4H3. The number of esters is 1. The van der Waals surface area contributed by atoms with Crippen molar-refractivity contribution in [2.75, 3.05) is 6.61 Å². The van der Waals surface area contributed by atoms with E-state index in [2.05, 4.69) is 12.2 Å². The van der Waals surface area contributed by atoms with Gasteiger partial charge in [0.2, 0.25) is 0 Å². The van der Waals surface area contributed by atoms with Gasteiger partial charge in [-0.2, -0.15) is 0 Å². The molecule has 1 aromatic carbocycles. The van der Waals surface area contributed by atoms with Gasteiger partial charge in [0.25, 0.3) is 0 Å². The number of nitrogens with one attached hydrogen (secondary N) is 1. The molecule has 19 heavy (non-hydrogen) atoms. The molecule has 1 unspecified atom stereocenters. The summed E-state index contributed by atoms with van der Waals surface area (Å²) in [4.78, 5) is 12.5. The molecule has 0 fully saturated rings. The summed E-state index contributed by atoms with van der Waals surface area (Å²) in [6, 6.07) is 10.1. The minimum Gasteiger partial charge on any atom is -0.464 e. The molecule has 3 heteroatoms. The first kappa shape index (κ1) is 15.7. The third-order valence-electron chi connectivity index (χ3n) is 3.05. The molecule has 0 bridgehead atoms. The van der Waals surface area contributed by atoms with Crippen LogP contribution in [0.5, 0.6) is 0 Å². The minimum atomic E-state index is -0.736. The van der Waals surface area contributed by atoms with Crippen LogP contribution in [0.25, 0.3) is 0 Å². The molecule has 0 saturated carbocycles. The Morgan fingerprint density at radius 3 is 2.37 bits per heavy atom. The number of carbonyl (C=O) groups is 1. The van der Waals surface area contributed by atoms with Gasteiger partial charge in [-0.3, -0.25) is 5.32 Å². The van der Waals surface area contributed by atoms with E-state index in [0.29, 0.717) is 6.61 Å². The SMILES string of the molecule is CCCC(NC(C)C)(C(=O)OCC)c1ccccc1. The summed E-state index contributed by atoms with van der Waals surface area (Å²) >= 11 is 0. The highest BCUT2D eigenvalue weighted by molar-refractivity contribution is 5.82. The van der Waals surface area contributed by atoms with E-state index in [0.717, 1.165) is 18.4 Å². The van der Waals surface area contributed by atoms with Crippen LogP contribution in [0.2, 0.25) is 0 Å². The maximum atomic E-state index is 12.5. The van der Waals surface area contributed by atoms with Crippen molar-refractivity contribution >= 4 is 5.97 Å². The second-order valence-electron chi connectivity index (χ2n) is 5.04. The van der Waals surface area contributed by atoms with Gasteiger partial charge in [0.1, 0.15) is 5.54 Å². The highest BCUT2D eigenvalue weighted by atomic mass is 16.5. The van der Waals surface area contributed by atoms with Gasteiger partial charge >= 0.3 is 5.97 Å². The zero-order valence-electron chi connectivity index (χ0n) is 12.4. The predicted molar refractivity (Wildman–Crippen MR) is 77.9 cm³/mol. The number of ether oxygens (including phenoxy) is 1. The molecule has 0 spiro atoms. The Morgan fingerprint density at radius 2 is 1.89 bits per heavy atom. The summed E-state index contributed by atoms with van der Waals surface area (Å²) in [6.07, 6.45) is 1.64. The first-order valence-electron chi connectivity index (χ1n) is 7.07. The molecule has 1 rings (SSSR count). The lowest BCUT2D eigenvalue weighted by molar-refractivity contribution is -0.152. The molecule has 0 aliphatic carbocycles. The van der Waals surface area contributed by atoms with Gasteiger partial charge in [-0.25, -0.2) is 4.79 Å². The molecule has 0 radical (unpaired) electrons. The van der Waals surface area contributed by atoms with Crippen LogP contribution < -0.4 is 5.32 Å². The molecule has 1 aromatic rings. The van der Waals surface area contributed by atoms with Crippen LogP contribution in [-0.2, 0) is 15.1 Å². The van der Waals surface area contributed by atoms with Crippen molar-refractivity contribution < 1.29 is 9.53 Å². The zero-order chi connectivity index (χ0) is 14.3. The van der Waals surface area contributed by atoms with E-state index in [1.165, 1.54) is 0 Å². The van der Waals surface area contributed by atoms with Gasteiger partial charge in [0.15, 0.2) is 0 Å². The quantitative estimate of drug-likeness (QED) is 0.767. The van der Waals surface area contributed by atoms with Crippen LogP contribution in [-0.4, -0.2) is 18.6 Å². The summed E-state index contributed by atoms with van der Waals surface area (Å²) in [7, 11) is 0. The van der Waals surface area contributed by atoms with Crippen molar-refractivity contribution in [3.05, 3.63) is 35.9 Å². The predicted octanol–water partition coefficient (Wildman–Crippen LogP) is 3.24. The molecule has 106 valence electrons. The molecule has 1 N–H and O–H groups in total. The second kappa shape index (κ2) is 7.29. The van der Waals surface area contributed by atoms with Gasteiger partial charge in [-0.05, 0) is 32.8 Å². The molecular weight excluding hydrogens is 238 g/mol. The molecule has 0 heterocycles. The summed E-state index contributed by atoms with van der Waals surface area (Å²) in [5.74, 6) is -0.184. The van der Waals surface area contributed by atoms with Crippen LogP contribution >= 0.6 is 0 Å². The van der Waals surface area contributed by atoms with Gasteiger partial charge in [0, 0.05) is 6.04 Å². The second-order valence-corrected chi connectivity index (χ2v) is 5.04. The van der Waals surface area contributed by atoms with Crippen LogP contribution in [0.3, 0.4) is 0 Å². The monoisotopic (exact) mass is 263 g/mol. The number of benzene rings is 1. The van der Waals surface area contributed by atoms with Crippen molar-refractivity contribution in [1.82, 2.24) is 5.32 Å². The normalized spacial score (nSPS) is 14.2. The van der Waals surface area contributed by atoms with Crippen LogP contribution in [0.1, 0.15) is 46.1 Å². The summed E-state index contributed by atoms with van der Waals surface area (Å²) in [5.41, 5.74) is 0.240. The molecule has 0 aliphatic rings. The molecule has 3 nitrogen and oxygen atoms in total. The maximum Gasteiger partial charge on any atom is 0.330 e. The van der Waals surface area contributed by atoms with E-state index in [1.54, 1.807) is 0 Å². The Labute approximate surface area is 116 Å². The highest BCUT2D eigenvalue weighted by Gasteiger charge is 2.41. The third kappa shape index (κ3) is 3.80. The van der Waals surface area contributed by atoms with Crippen molar-refractivity contribution in [3.63, 3.8) is 0 Å². The fourth-order valence-corrected chi connectivity index (χ4v) is 2.42. The van der Waals surface area contributed by atoms with E-state index in [1.807, 2.05) is 51.1 Å². The van der Waals surface area contributed by atoms with E-state index in [9.17, 15) is 4.79 Å². The molecule has 0 amide bonds. The summed E-state index contributed by atoms with van der Waals surface area (Å²) in [5, 5.41) is 3.42. The first-order valence-corrected chi connectivity index (χ1v) is 7.07. The summed E-state index contributed by atoms with van der Waals surface area (Å²) in [6.45, 7) is 8.42. The van der Waals surface area contributed by atoms with Crippen molar-refractivity contribution in [1.29, 1.82) is 0 Å². The number of carbonyl (C=O) groups excluding carboxylic acids is 1. The number of hydrogen-bond donors (Lipinski definition) is 1. The Morgan fingerprint density at radius 1 is 1.26 bits per heavy atom. The van der Waals surface area contributed by atoms with Crippen molar-refractivity contribution in [3.8, 4) is 0 Å². The minimum absolute atomic E-state index is 0.184. The topological polar surface area (TPSA) is 38.3 Å². The lowest BCUT2D eigenvalue weighted by atomic mass is 9.84. The van der Waals surface area contributed by atoms with Gasteiger partial charge < -0.3 is 4.74 Å². The molecular formula is C16H25NO2. The van der Waals surface area contributed by atoms with E-state index >= 15 is 0 Å². The third-order valence-corrected chi connectivity index (χ3v) is 3.05. The Bertz CT molecular complexity index is 389. The molecule has 0 aliphatic heterocycles. The van der Waals surface area contributed by atoms with Crippen LogP contribution in [0.4, 0.5) is 0 Å². The largest absolute Gasteiger partial charge is 0.464 e. The van der Waals surface area contributed by atoms with E-state index in [-0.39, 0.29) is 12.0 Å². The lowest BCUT2D eigenvalue weighted by Gasteiger charge is -2.34. The first-order chi connectivity index (χ1) is 9.06. The van der Waals surface area contributed by atoms with Crippen LogP contribution in [0, 0.1) is 0 Å². The fraction of sp³-hybridized carbons (Fsp3) is 0.562. The Balaban J connectivity index is 3.22. The van der Waals surface area contributed by atoms with E-state index < -0.39 is 5.54 Å². The molecule has 0 aromatic heterocycles. The Kier molecular flexibility index (Phi) is 6.03. The zero-order valence-corrected chi connectivity index (χ0v) is 12.4. The smallest absolute Gasteiger partial charge is 0.330 e. The fourth-order valence-electron chi connectivity index (χ4n) is 2.42. The lowest BCUT2D eigenvalue weighted by Crippen LogP contribution is -2.52. The van der Waals surface area contributed by atoms with Crippen molar-refractivity contribution in [2.45, 2.75) is 52.1 Å². The van der Waals surface area contributed by atoms with Crippen molar-refractivity contribution in [2.24, 2.45) is 0 Å². The van der Waals surface area contributed by atoms with Crippen LogP contribution in [0.15, 0.2) is 30.3 Å². The number of rotatable bonds is 7. The molecule has 1 atom stereocenters. The van der Waals surface area contributed by atoms with Gasteiger partial charge in [-0.15, -0.1) is 0 Å². The summed E-state index contributed by atoms with van der Waals surface area (Å²) < 4.78 is 5.31. The average Bonchev–Trinajstić information content (AvgIpc) is 2.39. The van der Waals surface area contributed by atoms with Gasteiger partial charge in [-0.1, -0.05) is 43.7 Å². The maximum absolute atomic E-state index is 12.5. The molecule has 0 saturated heterocycles. The number of hydrogen-bond acceptors (Lipinski definition) is 3.